The molecule has 1 aliphatic heterocycles. The third kappa shape index (κ3) is 4.95. The molecule has 1 heterocycles. The predicted octanol–water partition coefficient (Wildman–Crippen LogP) is 2.98. The van der Waals surface area contributed by atoms with Crippen molar-refractivity contribution in [2.45, 2.75) is 71.4 Å². The minimum absolute atomic E-state index is 0.109. The number of carbonyl (C=O) groups is 1. The summed E-state index contributed by atoms with van der Waals surface area (Å²) in [6.07, 6.45) is 6.35. The second kappa shape index (κ2) is 8.30. The highest BCUT2D eigenvalue weighted by molar-refractivity contribution is 5.70. The molecular weight excluding hydrogens is 276 g/mol. The molecule has 1 saturated heterocycles. The number of nitrogens with one attached hydrogen (secondary N) is 1. The normalized spacial score (nSPS) is 29.6. The Hall–Kier alpha value is -0.610. The van der Waals surface area contributed by atoms with E-state index >= 15 is 0 Å². The number of aliphatic carboxylic acids is 1. The molecule has 128 valence electrons. The van der Waals surface area contributed by atoms with E-state index in [1.807, 2.05) is 0 Å². The van der Waals surface area contributed by atoms with E-state index in [4.69, 9.17) is 5.11 Å². The van der Waals surface area contributed by atoms with E-state index in [1.165, 1.54) is 25.9 Å². The van der Waals surface area contributed by atoms with Crippen LogP contribution in [0.5, 0.6) is 0 Å². The zero-order valence-corrected chi connectivity index (χ0v) is 14.6. The average Bonchev–Trinajstić information content (AvgIpc) is 2.49. The lowest BCUT2D eigenvalue weighted by atomic mass is 9.86. The van der Waals surface area contributed by atoms with Crippen LogP contribution in [-0.2, 0) is 4.79 Å². The number of nitrogens with zero attached hydrogens (tertiary/aromatic N) is 1. The Morgan fingerprint density at radius 1 is 1.14 bits per heavy atom. The fraction of sp³-hybridized carbons (Fsp3) is 0.944. The number of hydrogen-bond donors (Lipinski definition) is 2. The highest BCUT2D eigenvalue weighted by atomic mass is 16.4. The Balaban J connectivity index is 1.76. The zero-order chi connectivity index (χ0) is 16.1. The molecule has 0 bridgehead atoms. The van der Waals surface area contributed by atoms with Crippen LogP contribution in [-0.4, -0.2) is 47.7 Å². The quantitative estimate of drug-likeness (QED) is 0.792. The van der Waals surface area contributed by atoms with E-state index in [0.29, 0.717) is 18.0 Å². The lowest BCUT2D eigenvalue weighted by Crippen LogP contribution is -2.50. The maximum Gasteiger partial charge on any atom is 0.306 e. The van der Waals surface area contributed by atoms with Gasteiger partial charge in [0.25, 0.3) is 0 Å². The van der Waals surface area contributed by atoms with Crippen molar-refractivity contribution < 1.29 is 9.90 Å². The van der Waals surface area contributed by atoms with E-state index in [0.717, 1.165) is 38.1 Å². The number of rotatable bonds is 6. The highest BCUT2D eigenvalue weighted by Crippen LogP contribution is 2.25. The summed E-state index contributed by atoms with van der Waals surface area (Å²) in [6, 6.07) is 1.13. The highest BCUT2D eigenvalue weighted by Gasteiger charge is 2.28. The van der Waals surface area contributed by atoms with Crippen molar-refractivity contribution in [3.05, 3.63) is 0 Å². The molecular formula is C18H34N2O2. The van der Waals surface area contributed by atoms with Crippen molar-refractivity contribution in [1.82, 2.24) is 10.2 Å². The van der Waals surface area contributed by atoms with Crippen LogP contribution in [0.2, 0.25) is 0 Å². The average molecular weight is 310 g/mol. The maximum atomic E-state index is 11.0. The lowest BCUT2D eigenvalue weighted by Gasteiger charge is -2.40. The van der Waals surface area contributed by atoms with Crippen LogP contribution in [0.4, 0.5) is 0 Å². The van der Waals surface area contributed by atoms with Gasteiger partial charge >= 0.3 is 5.97 Å². The maximum absolute atomic E-state index is 11.0. The fourth-order valence-corrected chi connectivity index (χ4v) is 3.98. The summed E-state index contributed by atoms with van der Waals surface area (Å²) in [4.78, 5) is 13.7. The third-order valence-corrected chi connectivity index (χ3v) is 5.75. The van der Waals surface area contributed by atoms with Gasteiger partial charge in [-0.25, -0.2) is 0 Å². The Labute approximate surface area is 135 Å². The second-order valence-corrected chi connectivity index (χ2v) is 7.82. The molecule has 1 aliphatic carbocycles. The molecule has 2 fully saturated rings. The second-order valence-electron chi connectivity index (χ2n) is 7.82. The molecule has 4 nitrogen and oxygen atoms in total. The molecule has 2 rings (SSSR count). The summed E-state index contributed by atoms with van der Waals surface area (Å²) in [5.74, 6) is 0.822. The Bertz CT molecular complexity index is 343. The van der Waals surface area contributed by atoms with Crippen LogP contribution < -0.4 is 5.32 Å². The summed E-state index contributed by atoms with van der Waals surface area (Å²) in [6.45, 7) is 10.5. The first kappa shape index (κ1) is 17.7. The molecule has 0 spiro atoms. The Morgan fingerprint density at radius 3 is 2.23 bits per heavy atom. The monoisotopic (exact) mass is 310 g/mol. The number of likely N-dealkylation sites (tertiary alicyclic amines) is 1. The van der Waals surface area contributed by atoms with Crippen LogP contribution in [0.25, 0.3) is 0 Å². The van der Waals surface area contributed by atoms with Crippen LogP contribution in [0.1, 0.15) is 59.3 Å². The van der Waals surface area contributed by atoms with Gasteiger partial charge in [-0.05, 0) is 63.5 Å². The zero-order valence-electron chi connectivity index (χ0n) is 14.6. The SMILES string of the molecule is CC1CCN(C(CNC2CCC(C(=O)O)CC2)C(C)C)CC1. The van der Waals surface area contributed by atoms with Gasteiger partial charge < -0.3 is 10.4 Å². The van der Waals surface area contributed by atoms with Gasteiger partial charge in [-0.3, -0.25) is 9.69 Å². The Kier molecular flexibility index (Phi) is 6.69. The molecule has 0 aromatic carbocycles. The van der Waals surface area contributed by atoms with Crippen molar-refractivity contribution in [1.29, 1.82) is 0 Å². The number of hydrogen-bond acceptors (Lipinski definition) is 3. The van der Waals surface area contributed by atoms with Gasteiger partial charge in [-0.1, -0.05) is 20.8 Å². The van der Waals surface area contributed by atoms with Gasteiger partial charge in [0.15, 0.2) is 0 Å². The molecule has 1 atom stereocenters. The molecule has 0 aromatic heterocycles. The van der Waals surface area contributed by atoms with E-state index < -0.39 is 5.97 Å². The predicted molar refractivity (Wildman–Crippen MR) is 90.0 cm³/mol. The molecule has 0 amide bonds. The first-order valence-electron chi connectivity index (χ1n) is 9.17. The van der Waals surface area contributed by atoms with E-state index in [-0.39, 0.29) is 5.92 Å². The summed E-state index contributed by atoms with van der Waals surface area (Å²) < 4.78 is 0. The van der Waals surface area contributed by atoms with Gasteiger partial charge in [0, 0.05) is 18.6 Å². The summed E-state index contributed by atoms with van der Waals surface area (Å²) in [5.41, 5.74) is 0. The Morgan fingerprint density at radius 2 is 1.73 bits per heavy atom. The molecule has 2 aliphatic rings. The van der Waals surface area contributed by atoms with Crippen LogP contribution in [0.15, 0.2) is 0 Å². The van der Waals surface area contributed by atoms with E-state index in [9.17, 15) is 4.79 Å². The van der Waals surface area contributed by atoms with Crippen molar-refractivity contribution >= 4 is 5.97 Å². The molecule has 4 heteroatoms. The van der Waals surface area contributed by atoms with Crippen LogP contribution >= 0.6 is 0 Å². The van der Waals surface area contributed by atoms with E-state index in [2.05, 4.69) is 31.0 Å². The topological polar surface area (TPSA) is 52.6 Å². The molecule has 0 aromatic rings. The molecule has 22 heavy (non-hydrogen) atoms. The largest absolute Gasteiger partial charge is 0.481 e. The van der Waals surface area contributed by atoms with Gasteiger partial charge in [0.2, 0.25) is 0 Å². The molecule has 1 saturated carbocycles. The fourth-order valence-electron chi connectivity index (χ4n) is 3.98. The minimum atomic E-state index is -0.610. The van der Waals surface area contributed by atoms with Gasteiger partial charge in [0.05, 0.1) is 5.92 Å². The molecule has 0 radical (unpaired) electrons. The van der Waals surface area contributed by atoms with Gasteiger partial charge in [0.1, 0.15) is 0 Å². The molecule has 2 N–H and O–H groups in total. The standard InChI is InChI=1S/C18H34N2O2/c1-13(2)17(20-10-8-14(3)9-11-20)12-19-16-6-4-15(5-7-16)18(21)22/h13-17,19H,4-12H2,1-3H3,(H,21,22). The van der Waals surface area contributed by atoms with Crippen molar-refractivity contribution in [2.75, 3.05) is 19.6 Å². The van der Waals surface area contributed by atoms with Gasteiger partial charge in [-0.2, -0.15) is 0 Å². The van der Waals surface area contributed by atoms with Crippen LogP contribution in [0, 0.1) is 17.8 Å². The first-order chi connectivity index (χ1) is 10.5. The van der Waals surface area contributed by atoms with E-state index in [1.54, 1.807) is 0 Å². The summed E-state index contributed by atoms with van der Waals surface area (Å²) in [5, 5.41) is 12.8. The number of carboxylic acid groups (broad SMARTS) is 1. The van der Waals surface area contributed by atoms with Crippen molar-refractivity contribution in [3.8, 4) is 0 Å². The number of carboxylic acids is 1. The van der Waals surface area contributed by atoms with Gasteiger partial charge in [-0.15, -0.1) is 0 Å². The third-order valence-electron chi connectivity index (χ3n) is 5.75. The lowest BCUT2D eigenvalue weighted by molar-refractivity contribution is -0.142. The van der Waals surface area contributed by atoms with Crippen LogP contribution in [0.3, 0.4) is 0 Å². The number of piperidine rings is 1. The summed E-state index contributed by atoms with van der Waals surface area (Å²) >= 11 is 0. The molecule has 1 unspecified atom stereocenters. The minimum Gasteiger partial charge on any atom is -0.481 e. The smallest absolute Gasteiger partial charge is 0.306 e. The first-order valence-corrected chi connectivity index (χ1v) is 9.17. The van der Waals surface area contributed by atoms with Crippen molar-refractivity contribution in [3.63, 3.8) is 0 Å². The van der Waals surface area contributed by atoms with Crippen molar-refractivity contribution in [2.24, 2.45) is 17.8 Å². The summed E-state index contributed by atoms with van der Waals surface area (Å²) in [7, 11) is 0.